The third-order valence-corrected chi connectivity index (χ3v) is 3.57. The Bertz CT molecular complexity index is 1120. The highest BCUT2D eigenvalue weighted by atomic mass is 19.4. The molecule has 11 heteroatoms. The molecule has 3 heterocycles. The number of aromatic nitrogens is 6. The minimum atomic E-state index is -4.58. The first-order chi connectivity index (χ1) is 12.9. The summed E-state index contributed by atoms with van der Waals surface area (Å²) in [6.45, 7) is 0. The fourth-order valence-corrected chi connectivity index (χ4v) is 2.33. The highest BCUT2D eigenvalue weighted by Gasteiger charge is 2.34. The molecule has 27 heavy (non-hydrogen) atoms. The zero-order valence-electron chi connectivity index (χ0n) is 13.4. The number of carbonyl (C=O) groups is 1. The van der Waals surface area contributed by atoms with Crippen molar-refractivity contribution in [3.8, 4) is 5.69 Å². The summed E-state index contributed by atoms with van der Waals surface area (Å²) in [7, 11) is 0. The Balaban J connectivity index is 1.55. The topological polar surface area (TPSA) is 90.0 Å². The van der Waals surface area contributed by atoms with Crippen molar-refractivity contribution < 1.29 is 18.0 Å². The van der Waals surface area contributed by atoms with E-state index in [9.17, 15) is 18.0 Å². The van der Waals surface area contributed by atoms with Crippen LogP contribution in [0.15, 0.2) is 55.0 Å². The Hall–Kier alpha value is -3.76. The molecule has 0 saturated carbocycles. The molecule has 136 valence electrons. The van der Waals surface area contributed by atoms with E-state index in [0.717, 1.165) is 10.6 Å². The molecule has 0 radical (unpaired) electrons. The van der Waals surface area contributed by atoms with Gasteiger partial charge in [-0.3, -0.25) is 4.79 Å². The zero-order valence-corrected chi connectivity index (χ0v) is 13.4. The molecule has 1 amide bonds. The van der Waals surface area contributed by atoms with Crippen LogP contribution in [0.2, 0.25) is 0 Å². The number of hydrogen-bond acceptors (Lipinski definition) is 5. The van der Waals surface area contributed by atoms with Crippen molar-refractivity contribution in [3.05, 3.63) is 66.4 Å². The van der Waals surface area contributed by atoms with Gasteiger partial charge in [-0.1, -0.05) is 18.2 Å². The van der Waals surface area contributed by atoms with Crippen LogP contribution in [0.5, 0.6) is 0 Å². The predicted molar refractivity (Wildman–Crippen MR) is 87.3 cm³/mol. The summed E-state index contributed by atoms with van der Waals surface area (Å²) in [5.74, 6) is -0.582. The molecular weight excluding hydrogens is 363 g/mol. The summed E-state index contributed by atoms with van der Waals surface area (Å²) in [4.78, 5) is 17.4. The van der Waals surface area contributed by atoms with Crippen LogP contribution in [-0.2, 0) is 6.18 Å². The first kappa shape index (κ1) is 16.7. The molecule has 0 atom stereocenters. The number of carbonyl (C=O) groups excluding carboxylic acids is 1. The van der Waals surface area contributed by atoms with Crippen LogP contribution in [0.3, 0.4) is 0 Å². The largest absolute Gasteiger partial charge is 0.435 e. The van der Waals surface area contributed by atoms with Gasteiger partial charge in [0.25, 0.3) is 5.91 Å². The molecule has 4 aromatic rings. The van der Waals surface area contributed by atoms with Crippen LogP contribution in [0, 0.1) is 0 Å². The Morgan fingerprint density at radius 3 is 2.59 bits per heavy atom. The third-order valence-electron chi connectivity index (χ3n) is 3.57. The molecule has 0 fully saturated rings. The van der Waals surface area contributed by atoms with E-state index >= 15 is 0 Å². The normalized spacial score (nSPS) is 11.7. The van der Waals surface area contributed by atoms with E-state index < -0.39 is 17.8 Å². The molecule has 3 aromatic heterocycles. The molecule has 1 N–H and O–H groups in total. The lowest BCUT2D eigenvalue weighted by Gasteiger charge is -2.03. The van der Waals surface area contributed by atoms with E-state index in [1.54, 1.807) is 24.3 Å². The number of nitrogens with zero attached hydrogens (tertiary/aromatic N) is 6. The second-order valence-corrected chi connectivity index (χ2v) is 5.48. The molecule has 0 bridgehead atoms. The predicted octanol–water partition coefficient (Wildman–Crippen LogP) is 2.58. The smallest absolute Gasteiger partial charge is 0.318 e. The van der Waals surface area contributed by atoms with Gasteiger partial charge in [0.05, 0.1) is 30.0 Å². The van der Waals surface area contributed by atoms with Gasteiger partial charge in [0.15, 0.2) is 17.0 Å². The molecule has 0 spiro atoms. The van der Waals surface area contributed by atoms with Crippen molar-refractivity contribution in [3.63, 3.8) is 0 Å². The fourth-order valence-electron chi connectivity index (χ4n) is 2.33. The van der Waals surface area contributed by atoms with Gasteiger partial charge in [0, 0.05) is 6.07 Å². The van der Waals surface area contributed by atoms with E-state index in [0.29, 0.717) is 5.69 Å². The van der Waals surface area contributed by atoms with Crippen molar-refractivity contribution in [2.24, 2.45) is 0 Å². The first-order valence-electron chi connectivity index (χ1n) is 7.62. The van der Waals surface area contributed by atoms with Crippen molar-refractivity contribution in [2.75, 3.05) is 5.32 Å². The number of rotatable bonds is 3. The monoisotopic (exact) mass is 373 g/mol. The minimum Gasteiger partial charge on any atom is -0.318 e. The van der Waals surface area contributed by atoms with Gasteiger partial charge in [0.1, 0.15) is 0 Å². The van der Waals surface area contributed by atoms with Crippen LogP contribution in [0.25, 0.3) is 11.3 Å². The number of para-hydroxylation sites is 1. The average molecular weight is 373 g/mol. The average Bonchev–Trinajstić information content (AvgIpc) is 3.29. The van der Waals surface area contributed by atoms with Crippen LogP contribution in [0.1, 0.15) is 16.2 Å². The third kappa shape index (κ3) is 3.34. The maximum Gasteiger partial charge on any atom is 0.435 e. The second-order valence-electron chi connectivity index (χ2n) is 5.48. The second kappa shape index (κ2) is 6.20. The molecule has 0 aliphatic carbocycles. The van der Waals surface area contributed by atoms with Gasteiger partial charge in [-0.05, 0) is 12.1 Å². The van der Waals surface area contributed by atoms with Gasteiger partial charge in [-0.2, -0.15) is 28.2 Å². The quantitative estimate of drug-likeness (QED) is 0.596. The number of benzene rings is 1. The number of amides is 1. The molecule has 0 aliphatic heterocycles. The summed E-state index contributed by atoms with van der Waals surface area (Å²) in [6, 6.07) is 9.81. The summed E-state index contributed by atoms with van der Waals surface area (Å²) in [6.07, 6.45) is -0.829. The van der Waals surface area contributed by atoms with Crippen LogP contribution < -0.4 is 5.32 Å². The van der Waals surface area contributed by atoms with Gasteiger partial charge >= 0.3 is 6.18 Å². The summed E-state index contributed by atoms with van der Waals surface area (Å²) < 4.78 is 39.1. The van der Waals surface area contributed by atoms with Crippen molar-refractivity contribution >= 4 is 17.2 Å². The number of fused-ring (bicyclic) bond motifs is 1. The fraction of sp³-hybridized carbons (Fsp3) is 0.0625. The summed E-state index contributed by atoms with van der Waals surface area (Å²) >= 11 is 0. The summed E-state index contributed by atoms with van der Waals surface area (Å²) in [5.41, 5.74) is -0.176. The highest BCUT2D eigenvalue weighted by Crippen LogP contribution is 2.28. The number of hydrogen-bond donors (Lipinski definition) is 1. The Morgan fingerprint density at radius 1 is 1.07 bits per heavy atom. The number of alkyl halides is 3. The molecule has 4 rings (SSSR count). The maximum atomic E-state index is 12.7. The lowest BCUT2D eigenvalue weighted by atomic mass is 10.3. The molecule has 1 aromatic carbocycles. The lowest BCUT2D eigenvalue weighted by Crippen LogP contribution is -2.14. The molecule has 0 saturated heterocycles. The molecule has 8 nitrogen and oxygen atoms in total. The summed E-state index contributed by atoms with van der Waals surface area (Å²) in [5, 5.41) is 14.0. The van der Waals surface area contributed by atoms with E-state index in [2.05, 4.69) is 25.6 Å². The van der Waals surface area contributed by atoms with Crippen LogP contribution in [0.4, 0.5) is 18.9 Å². The zero-order chi connectivity index (χ0) is 19.0. The molecule has 0 aliphatic rings. The van der Waals surface area contributed by atoms with Crippen LogP contribution >= 0.6 is 0 Å². The maximum absolute atomic E-state index is 12.7. The van der Waals surface area contributed by atoms with Gasteiger partial charge in [-0.25, -0.2) is 9.50 Å². The Kier molecular flexibility index (Phi) is 3.83. The van der Waals surface area contributed by atoms with Crippen LogP contribution in [-0.4, -0.2) is 35.5 Å². The van der Waals surface area contributed by atoms with E-state index in [4.69, 9.17) is 0 Å². The van der Waals surface area contributed by atoms with Gasteiger partial charge < -0.3 is 5.32 Å². The Morgan fingerprint density at radius 2 is 1.85 bits per heavy atom. The van der Waals surface area contributed by atoms with Gasteiger partial charge in [-0.15, -0.1) is 5.10 Å². The molecular formula is C16H10F3N7O. The van der Waals surface area contributed by atoms with E-state index in [1.165, 1.54) is 23.4 Å². The van der Waals surface area contributed by atoms with Crippen molar-refractivity contribution in [2.45, 2.75) is 6.18 Å². The van der Waals surface area contributed by atoms with Crippen molar-refractivity contribution in [1.82, 2.24) is 29.6 Å². The highest BCUT2D eigenvalue weighted by molar-refractivity contribution is 6.02. The standard InChI is InChI=1S/C16H10F3N7O/c17-16(18,19)13-6-14-20-7-10(9-25(14)24-13)22-15(27)12-8-21-26(23-12)11-4-2-1-3-5-11/h1-9H,(H,22,27). The van der Waals surface area contributed by atoms with Crippen molar-refractivity contribution in [1.29, 1.82) is 0 Å². The SMILES string of the molecule is O=C(Nc1cnc2cc(C(F)(F)F)nn2c1)c1cnn(-c2ccccc2)n1. The van der Waals surface area contributed by atoms with E-state index in [-0.39, 0.29) is 17.0 Å². The minimum absolute atomic E-state index is 0.00958. The Labute approximate surface area is 149 Å². The van der Waals surface area contributed by atoms with E-state index in [1.807, 2.05) is 6.07 Å². The molecule has 0 unspecified atom stereocenters. The van der Waals surface area contributed by atoms with Gasteiger partial charge in [0.2, 0.25) is 0 Å². The first-order valence-corrected chi connectivity index (χ1v) is 7.62. The lowest BCUT2D eigenvalue weighted by molar-refractivity contribution is -0.141. The number of nitrogens with one attached hydrogen (secondary N) is 1. The number of halogens is 3. The number of anilines is 1.